The monoisotopic (exact) mass is 405 g/mol. The zero-order valence-electron chi connectivity index (χ0n) is 17.6. The maximum atomic E-state index is 12.0. The van der Waals surface area contributed by atoms with E-state index in [4.69, 9.17) is 10.8 Å². The number of aliphatic carboxylic acids is 1. The highest BCUT2D eigenvalue weighted by Gasteiger charge is 2.21. The molecule has 0 heterocycles. The van der Waals surface area contributed by atoms with Crippen LogP contribution in [0.4, 0.5) is 0 Å². The molecule has 2 amide bonds. The summed E-state index contributed by atoms with van der Waals surface area (Å²) in [7, 11) is 0. The molecule has 0 aromatic heterocycles. The first-order valence-electron chi connectivity index (χ1n) is 10.5. The molecule has 0 spiro atoms. The Morgan fingerprint density at radius 2 is 1.59 bits per heavy atom. The van der Waals surface area contributed by atoms with Gasteiger partial charge in [0.2, 0.25) is 11.8 Å². The smallest absolute Gasteiger partial charge is 0.325 e. The van der Waals surface area contributed by atoms with Crippen LogP contribution in [0.2, 0.25) is 0 Å². The Hall–Kier alpha value is -2.41. The molecule has 0 saturated carbocycles. The lowest BCUT2D eigenvalue weighted by Gasteiger charge is -2.14. The maximum Gasteiger partial charge on any atom is 0.325 e. The van der Waals surface area contributed by atoms with Crippen LogP contribution in [0.15, 0.2) is 24.3 Å². The normalized spacial score (nSPS) is 12.8. The van der Waals surface area contributed by atoms with E-state index in [9.17, 15) is 14.4 Å². The molecule has 7 nitrogen and oxygen atoms in total. The number of carbonyl (C=O) groups is 3. The first-order valence-corrected chi connectivity index (χ1v) is 10.5. The van der Waals surface area contributed by atoms with Crippen LogP contribution in [0.5, 0.6) is 0 Å². The average Bonchev–Trinajstić information content (AvgIpc) is 2.69. The van der Waals surface area contributed by atoms with E-state index in [0.29, 0.717) is 6.54 Å². The Balaban J connectivity index is 2.29. The van der Waals surface area contributed by atoms with Crippen LogP contribution in [-0.4, -0.2) is 35.0 Å². The molecular formula is C22H35N3O4. The minimum absolute atomic E-state index is 0.200. The summed E-state index contributed by atoms with van der Waals surface area (Å²) in [4.78, 5) is 34.5. The van der Waals surface area contributed by atoms with Crippen molar-refractivity contribution >= 4 is 17.8 Å². The lowest BCUT2D eigenvalue weighted by atomic mass is 10.0. The highest BCUT2D eigenvalue weighted by molar-refractivity contribution is 5.90. The lowest BCUT2D eigenvalue weighted by Crippen LogP contribution is -2.48. The molecule has 7 heteroatoms. The van der Waals surface area contributed by atoms with Crippen molar-refractivity contribution in [3.8, 4) is 0 Å². The Kier molecular flexibility index (Phi) is 11.6. The van der Waals surface area contributed by atoms with Crippen LogP contribution in [0.1, 0.15) is 69.9 Å². The molecule has 0 saturated heterocycles. The van der Waals surface area contributed by atoms with E-state index in [0.717, 1.165) is 12.0 Å². The van der Waals surface area contributed by atoms with E-state index in [-0.39, 0.29) is 12.3 Å². The number of carboxylic acids is 1. The van der Waals surface area contributed by atoms with Gasteiger partial charge in [0.15, 0.2) is 0 Å². The van der Waals surface area contributed by atoms with Gasteiger partial charge in [0.1, 0.15) is 6.04 Å². The number of aryl methyl sites for hydroxylation is 1. The Morgan fingerprint density at radius 3 is 2.21 bits per heavy atom. The molecule has 0 bridgehead atoms. The quantitative estimate of drug-likeness (QED) is 0.354. The number of unbranched alkanes of at least 4 members (excludes halogenated alkanes) is 5. The first-order chi connectivity index (χ1) is 13.8. The van der Waals surface area contributed by atoms with Crippen LogP contribution in [0.25, 0.3) is 0 Å². The van der Waals surface area contributed by atoms with Crippen LogP contribution in [-0.2, 0) is 27.3 Å². The van der Waals surface area contributed by atoms with Crippen molar-refractivity contribution < 1.29 is 19.5 Å². The van der Waals surface area contributed by atoms with E-state index in [1.807, 2.05) is 12.1 Å². The van der Waals surface area contributed by atoms with Gasteiger partial charge in [-0.05, 0) is 30.9 Å². The minimum Gasteiger partial charge on any atom is -0.480 e. The summed E-state index contributed by atoms with van der Waals surface area (Å²) in [6.45, 7) is 3.91. The maximum absolute atomic E-state index is 12.0. The van der Waals surface area contributed by atoms with Crippen molar-refractivity contribution in [2.45, 2.75) is 83.8 Å². The van der Waals surface area contributed by atoms with E-state index in [1.165, 1.54) is 51.0 Å². The Labute approximate surface area is 173 Å². The number of carbonyl (C=O) groups excluding carboxylic acids is 2. The van der Waals surface area contributed by atoms with E-state index >= 15 is 0 Å². The zero-order chi connectivity index (χ0) is 21.6. The third kappa shape index (κ3) is 10.6. The van der Waals surface area contributed by atoms with Crippen LogP contribution >= 0.6 is 0 Å². The molecule has 1 rings (SSSR count). The van der Waals surface area contributed by atoms with Crippen molar-refractivity contribution in [2.24, 2.45) is 5.73 Å². The molecule has 0 aliphatic rings. The SMILES string of the molecule is CCCCCCCCc1ccc(CNC(=O)CC(N)C(=O)N[C@H](C)C(=O)O)cc1. The molecule has 1 aromatic rings. The molecule has 29 heavy (non-hydrogen) atoms. The van der Waals surface area contributed by atoms with Gasteiger partial charge in [-0.2, -0.15) is 0 Å². The number of nitrogens with one attached hydrogen (secondary N) is 2. The average molecular weight is 406 g/mol. The van der Waals surface area contributed by atoms with Gasteiger partial charge >= 0.3 is 5.97 Å². The van der Waals surface area contributed by atoms with Crippen LogP contribution < -0.4 is 16.4 Å². The van der Waals surface area contributed by atoms with Gasteiger partial charge in [0.05, 0.1) is 12.5 Å². The number of benzene rings is 1. The van der Waals surface area contributed by atoms with E-state index in [2.05, 4.69) is 29.7 Å². The standard InChI is InChI=1S/C22H35N3O4/c1-3-4-5-6-7-8-9-17-10-12-18(13-11-17)15-24-20(26)14-19(23)21(27)25-16(2)22(28)29/h10-13,16,19H,3-9,14-15,23H2,1-2H3,(H,24,26)(H,25,27)(H,28,29)/t16-,19?/m1/s1. The molecule has 0 fully saturated rings. The largest absolute Gasteiger partial charge is 0.480 e. The third-order valence-corrected chi connectivity index (χ3v) is 4.80. The van der Waals surface area contributed by atoms with Crippen LogP contribution in [0.3, 0.4) is 0 Å². The number of nitrogens with two attached hydrogens (primary N) is 1. The fraction of sp³-hybridized carbons (Fsp3) is 0.591. The van der Waals surface area contributed by atoms with E-state index < -0.39 is 24.0 Å². The second kappa shape index (κ2) is 13.7. The zero-order valence-corrected chi connectivity index (χ0v) is 17.6. The summed E-state index contributed by atoms with van der Waals surface area (Å²) < 4.78 is 0. The topological polar surface area (TPSA) is 122 Å². The van der Waals surface area contributed by atoms with Gasteiger partial charge in [-0.15, -0.1) is 0 Å². The summed E-state index contributed by atoms with van der Waals surface area (Å²) in [5, 5.41) is 13.8. The lowest BCUT2D eigenvalue weighted by molar-refractivity contribution is -0.141. The number of hydrogen-bond donors (Lipinski definition) is 4. The van der Waals surface area contributed by atoms with Gasteiger partial charge in [0.25, 0.3) is 0 Å². The number of carboxylic acid groups (broad SMARTS) is 1. The summed E-state index contributed by atoms with van der Waals surface area (Å²) in [5.41, 5.74) is 7.94. The Bertz CT molecular complexity index is 646. The Morgan fingerprint density at radius 1 is 1.00 bits per heavy atom. The number of amides is 2. The van der Waals surface area contributed by atoms with Gasteiger partial charge < -0.3 is 21.5 Å². The molecule has 0 aliphatic carbocycles. The predicted molar refractivity (Wildman–Crippen MR) is 113 cm³/mol. The summed E-state index contributed by atoms with van der Waals surface area (Å²) in [5.74, 6) is -2.17. The predicted octanol–water partition coefficient (Wildman–Crippen LogP) is 2.51. The van der Waals surface area contributed by atoms with Crippen LogP contribution in [0, 0.1) is 0 Å². The highest BCUT2D eigenvalue weighted by Crippen LogP contribution is 2.11. The molecule has 0 radical (unpaired) electrons. The van der Waals surface area contributed by atoms with Gasteiger partial charge in [-0.1, -0.05) is 63.3 Å². The summed E-state index contributed by atoms with van der Waals surface area (Å²) in [6.07, 6.45) is 8.52. The second-order valence-electron chi connectivity index (χ2n) is 7.49. The first kappa shape index (κ1) is 24.6. The highest BCUT2D eigenvalue weighted by atomic mass is 16.4. The van der Waals surface area contributed by atoms with Crippen molar-refractivity contribution in [2.75, 3.05) is 0 Å². The fourth-order valence-corrected chi connectivity index (χ4v) is 2.88. The second-order valence-corrected chi connectivity index (χ2v) is 7.49. The van der Waals surface area contributed by atoms with Gasteiger partial charge in [-0.3, -0.25) is 14.4 Å². The molecular weight excluding hydrogens is 370 g/mol. The fourth-order valence-electron chi connectivity index (χ4n) is 2.88. The molecule has 162 valence electrons. The number of hydrogen-bond acceptors (Lipinski definition) is 4. The molecule has 0 aliphatic heterocycles. The molecule has 2 atom stereocenters. The summed E-state index contributed by atoms with van der Waals surface area (Å²) in [6, 6.07) is 6.02. The van der Waals surface area contributed by atoms with Gasteiger partial charge in [-0.25, -0.2) is 0 Å². The molecule has 5 N–H and O–H groups in total. The van der Waals surface area contributed by atoms with Crippen molar-refractivity contribution in [3.63, 3.8) is 0 Å². The minimum atomic E-state index is -1.16. The van der Waals surface area contributed by atoms with Crippen molar-refractivity contribution in [1.29, 1.82) is 0 Å². The number of rotatable bonds is 14. The summed E-state index contributed by atoms with van der Waals surface area (Å²) >= 11 is 0. The third-order valence-electron chi connectivity index (χ3n) is 4.80. The van der Waals surface area contributed by atoms with E-state index in [1.54, 1.807) is 0 Å². The molecule has 1 aromatic carbocycles. The van der Waals surface area contributed by atoms with Crippen molar-refractivity contribution in [1.82, 2.24) is 10.6 Å². The molecule has 1 unspecified atom stereocenters. The van der Waals surface area contributed by atoms with Gasteiger partial charge in [0, 0.05) is 6.54 Å². The van der Waals surface area contributed by atoms with Crippen molar-refractivity contribution in [3.05, 3.63) is 35.4 Å².